The van der Waals surface area contributed by atoms with Crippen molar-refractivity contribution in [2.24, 2.45) is 5.73 Å². The molecule has 19 heavy (non-hydrogen) atoms. The largest absolute Gasteiger partial charge is 0.481 e. The van der Waals surface area contributed by atoms with Gasteiger partial charge < -0.3 is 31.9 Å². The van der Waals surface area contributed by atoms with Gasteiger partial charge in [0.2, 0.25) is 0 Å². The van der Waals surface area contributed by atoms with Gasteiger partial charge in [0, 0.05) is 23.5 Å². The summed E-state index contributed by atoms with van der Waals surface area (Å²) in [6, 6.07) is -1.38. The molecule has 0 rings (SSSR count). The molecular formula is C8H14FeN2O8. The zero-order valence-electron chi connectivity index (χ0n) is 9.59. The minimum Gasteiger partial charge on any atom is -0.481 e. The SMILES string of the molecule is N.NC(CCC(=O)O)C(=O)OC(C(=O)O)C(=O)O.[Fe]. The van der Waals surface area contributed by atoms with Crippen molar-refractivity contribution in [1.82, 2.24) is 6.15 Å². The van der Waals surface area contributed by atoms with Gasteiger partial charge in [0.05, 0.1) is 0 Å². The van der Waals surface area contributed by atoms with Crippen LogP contribution in [0.4, 0.5) is 0 Å². The molecule has 11 heteroatoms. The first-order valence-corrected chi connectivity index (χ1v) is 4.39. The Morgan fingerprint density at radius 2 is 1.47 bits per heavy atom. The van der Waals surface area contributed by atoms with Gasteiger partial charge in [-0.25, -0.2) is 9.59 Å². The Balaban J connectivity index is -0.00000128. The van der Waals surface area contributed by atoms with Crippen molar-refractivity contribution in [2.45, 2.75) is 25.0 Å². The number of rotatable bonds is 7. The number of carboxylic acid groups (broad SMARTS) is 3. The van der Waals surface area contributed by atoms with Crippen LogP contribution >= 0.6 is 0 Å². The number of carboxylic acids is 3. The Labute approximate surface area is 118 Å². The number of esters is 1. The van der Waals surface area contributed by atoms with Crippen LogP contribution in [0.15, 0.2) is 0 Å². The van der Waals surface area contributed by atoms with Gasteiger partial charge in [-0.2, -0.15) is 0 Å². The summed E-state index contributed by atoms with van der Waals surface area (Å²) < 4.78 is 4.11. The van der Waals surface area contributed by atoms with Crippen molar-refractivity contribution >= 4 is 23.9 Å². The van der Waals surface area contributed by atoms with Crippen molar-refractivity contribution in [3.05, 3.63) is 0 Å². The minimum atomic E-state index is -2.35. The fraction of sp³-hybridized carbons (Fsp3) is 0.500. The Morgan fingerprint density at radius 3 is 1.79 bits per heavy atom. The monoisotopic (exact) mass is 322 g/mol. The van der Waals surface area contributed by atoms with E-state index in [9.17, 15) is 19.2 Å². The molecule has 0 saturated heterocycles. The van der Waals surface area contributed by atoms with Crippen LogP contribution in [0.2, 0.25) is 0 Å². The zero-order valence-corrected chi connectivity index (χ0v) is 10.7. The Kier molecular flexibility index (Phi) is 12.1. The maximum Gasteiger partial charge on any atom is 0.356 e. The second-order valence-corrected chi connectivity index (χ2v) is 3.03. The second-order valence-electron chi connectivity index (χ2n) is 3.03. The fourth-order valence-corrected chi connectivity index (χ4v) is 0.807. The molecule has 0 aliphatic rings. The van der Waals surface area contributed by atoms with Crippen LogP contribution in [-0.4, -0.2) is 51.3 Å². The Hall–Kier alpha value is -1.68. The fourth-order valence-electron chi connectivity index (χ4n) is 0.807. The smallest absolute Gasteiger partial charge is 0.356 e. The molecule has 0 amide bonds. The molecule has 0 aromatic carbocycles. The predicted molar refractivity (Wildman–Crippen MR) is 55.0 cm³/mol. The van der Waals surface area contributed by atoms with E-state index in [4.69, 9.17) is 21.1 Å². The van der Waals surface area contributed by atoms with E-state index in [1.807, 2.05) is 0 Å². The number of ether oxygens (including phenoxy) is 1. The normalized spacial score (nSPS) is 10.6. The van der Waals surface area contributed by atoms with Crippen molar-refractivity contribution in [3.8, 4) is 0 Å². The van der Waals surface area contributed by atoms with E-state index in [1.54, 1.807) is 0 Å². The van der Waals surface area contributed by atoms with Crippen LogP contribution < -0.4 is 11.9 Å². The molecule has 0 aromatic heterocycles. The van der Waals surface area contributed by atoms with Crippen LogP contribution in [-0.2, 0) is 41.0 Å². The van der Waals surface area contributed by atoms with Crippen LogP contribution in [0.25, 0.3) is 0 Å². The Bertz CT molecular complexity index is 334. The van der Waals surface area contributed by atoms with E-state index in [2.05, 4.69) is 4.74 Å². The van der Waals surface area contributed by atoms with Crippen molar-refractivity contribution in [3.63, 3.8) is 0 Å². The summed E-state index contributed by atoms with van der Waals surface area (Å²) >= 11 is 0. The molecule has 1 unspecified atom stereocenters. The van der Waals surface area contributed by atoms with Crippen LogP contribution in [0, 0.1) is 0 Å². The zero-order chi connectivity index (χ0) is 13.6. The van der Waals surface area contributed by atoms with Gasteiger partial charge in [0.25, 0.3) is 6.10 Å². The predicted octanol–water partition coefficient (Wildman–Crippen LogP) is -1.58. The number of carbonyl (C=O) groups excluding carboxylic acids is 1. The van der Waals surface area contributed by atoms with Crippen LogP contribution in [0.5, 0.6) is 0 Å². The first kappa shape index (κ1) is 22.5. The van der Waals surface area contributed by atoms with E-state index >= 15 is 0 Å². The van der Waals surface area contributed by atoms with E-state index < -0.39 is 42.4 Å². The Morgan fingerprint density at radius 1 is 1.05 bits per heavy atom. The number of nitrogens with two attached hydrogens (primary N) is 1. The van der Waals surface area contributed by atoms with Gasteiger partial charge >= 0.3 is 23.9 Å². The molecular weight excluding hydrogens is 308 g/mol. The van der Waals surface area contributed by atoms with Gasteiger partial charge in [-0.15, -0.1) is 0 Å². The maximum absolute atomic E-state index is 11.1. The second kappa shape index (κ2) is 10.3. The number of carbonyl (C=O) groups is 4. The molecule has 0 spiro atoms. The van der Waals surface area contributed by atoms with E-state index in [0.717, 1.165) is 0 Å². The topological polar surface area (TPSA) is 199 Å². The average Bonchev–Trinajstić information content (AvgIpc) is 2.20. The maximum atomic E-state index is 11.1. The molecule has 0 radical (unpaired) electrons. The van der Waals surface area contributed by atoms with Crippen LogP contribution in [0.3, 0.4) is 0 Å². The van der Waals surface area contributed by atoms with Gasteiger partial charge in [-0.1, -0.05) is 0 Å². The quantitative estimate of drug-likeness (QED) is 0.207. The summed E-state index contributed by atoms with van der Waals surface area (Å²) in [6.07, 6.45) is -3.04. The molecule has 0 saturated carbocycles. The standard InChI is InChI=1S/C8H11NO8.Fe.H3N/c9-3(1-2-4(10)11)8(16)17-5(6(12)13)7(14)15;;/h3,5H,1-2,9H2,(H,10,11)(H,12,13)(H,14,15);;1H3. The molecule has 0 aliphatic carbocycles. The van der Waals surface area contributed by atoms with Crippen molar-refractivity contribution in [1.29, 1.82) is 0 Å². The first-order chi connectivity index (χ1) is 7.75. The molecule has 0 aliphatic heterocycles. The van der Waals surface area contributed by atoms with Gasteiger partial charge in [-0.3, -0.25) is 9.59 Å². The molecule has 0 fully saturated rings. The van der Waals surface area contributed by atoms with E-state index in [1.165, 1.54) is 0 Å². The van der Waals surface area contributed by atoms with Gasteiger partial charge in [-0.05, 0) is 6.42 Å². The molecule has 0 bridgehead atoms. The number of aliphatic carboxylic acids is 3. The third-order valence-corrected chi connectivity index (χ3v) is 1.65. The number of hydrogen-bond donors (Lipinski definition) is 5. The minimum absolute atomic E-state index is 0. The van der Waals surface area contributed by atoms with Gasteiger partial charge in [0.15, 0.2) is 0 Å². The van der Waals surface area contributed by atoms with Crippen molar-refractivity contribution in [2.75, 3.05) is 0 Å². The molecule has 1 atom stereocenters. The summed E-state index contributed by atoms with van der Waals surface area (Å²) in [7, 11) is 0. The van der Waals surface area contributed by atoms with E-state index in [0.29, 0.717) is 0 Å². The molecule has 10 nitrogen and oxygen atoms in total. The molecule has 0 aromatic rings. The first-order valence-electron chi connectivity index (χ1n) is 4.39. The molecule has 0 heterocycles. The third-order valence-electron chi connectivity index (χ3n) is 1.65. The summed E-state index contributed by atoms with van der Waals surface area (Å²) in [5.41, 5.74) is 5.19. The van der Waals surface area contributed by atoms with Crippen LogP contribution in [0.1, 0.15) is 12.8 Å². The van der Waals surface area contributed by atoms with E-state index in [-0.39, 0.29) is 29.6 Å². The summed E-state index contributed by atoms with van der Waals surface area (Å²) in [5, 5.41) is 25.1. The summed E-state index contributed by atoms with van der Waals surface area (Å²) in [4.78, 5) is 42.0. The number of hydrogen-bond acceptors (Lipinski definition) is 7. The van der Waals surface area contributed by atoms with Crippen molar-refractivity contribution < 1.29 is 56.3 Å². The summed E-state index contributed by atoms with van der Waals surface area (Å²) in [6.45, 7) is 0. The molecule has 8 N–H and O–H groups in total. The third kappa shape index (κ3) is 8.97. The van der Waals surface area contributed by atoms with Gasteiger partial charge in [0.1, 0.15) is 6.04 Å². The molecule has 112 valence electrons. The average molecular weight is 322 g/mol. The summed E-state index contributed by atoms with van der Waals surface area (Å²) in [5.74, 6) is -6.17.